The number of halogens is 1. The second kappa shape index (κ2) is 5.40. The van der Waals surface area contributed by atoms with E-state index < -0.39 is 10.0 Å². The molecule has 1 aromatic rings. The Morgan fingerprint density at radius 2 is 2.05 bits per heavy atom. The predicted octanol–water partition coefficient (Wildman–Crippen LogP) is 2.75. The van der Waals surface area contributed by atoms with Crippen molar-refractivity contribution < 1.29 is 8.42 Å². The zero-order valence-corrected chi connectivity index (χ0v) is 14.2. The van der Waals surface area contributed by atoms with Crippen LogP contribution in [0.1, 0.15) is 19.4 Å². The first kappa shape index (κ1) is 15.9. The van der Waals surface area contributed by atoms with Crippen LogP contribution in [0.2, 0.25) is 5.02 Å². The molecule has 1 saturated heterocycles. The monoisotopic (exact) mass is 334 g/mol. The molecule has 1 aliphatic rings. The molecule has 0 aliphatic carbocycles. The quantitative estimate of drug-likeness (QED) is 0.845. The van der Waals surface area contributed by atoms with Crippen molar-refractivity contribution in [1.29, 1.82) is 0 Å². The van der Waals surface area contributed by atoms with E-state index in [-0.39, 0.29) is 9.64 Å². The standard InChI is InChI=1S/C13H19ClN2O2S2/c1-9-11(14)6-10(7-12(9)15)20(17,18)16-4-5-19-13(2,3)8-16/h6-7H,4-5,8,15H2,1-3H3. The highest BCUT2D eigenvalue weighted by molar-refractivity contribution is 8.00. The Hall–Kier alpha value is -0.430. The Labute approximate surface area is 129 Å². The molecule has 1 fully saturated rings. The van der Waals surface area contributed by atoms with Crippen LogP contribution < -0.4 is 5.73 Å². The molecule has 0 saturated carbocycles. The molecule has 0 amide bonds. The van der Waals surface area contributed by atoms with Crippen molar-refractivity contribution in [3.05, 3.63) is 22.7 Å². The van der Waals surface area contributed by atoms with Gasteiger partial charge in [-0.3, -0.25) is 0 Å². The van der Waals surface area contributed by atoms with E-state index in [2.05, 4.69) is 13.8 Å². The number of thioether (sulfide) groups is 1. The van der Waals surface area contributed by atoms with Gasteiger partial charge in [-0.05, 0) is 38.5 Å². The average molecular weight is 335 g/mol. The van der Waals surface area contributed by atoms with E-state index in [0.29, 0.717) is 29.4 Å². The number of benzene rings is 1. The first-order valence-electron chi connectivity index (χ1n) is 6.33. The molecule has 0 unspecified atom stereocenters. The van der Waals surface area contributed by atoms with Gasteiger partial charge in [-0.1, -0.05) is 11.6 Å². The van der Waals surface area contributed by atoms with Crippen molar-refractivity contribution in [3.8, 4) is 0 Å². The largest absolute Gasteiger partial charge is 0.398 e. The molecule has 0 aromatic heterocycles. The zero-order chi connectivity index (χ0) is 15.1. The predicted molar refractivity (Wildman–Crippen MR) is 85.9 cm³/mol. The van der Waals surface area contributed by atoms with Crippen LogP contribution in [0.25, 0.3) is 0 Å². The number of nitrogen functional groups attached to an aromatic ring is 1. The summed E-state index contributed by atoms with van der Waals surface area (Å²) < 4.78 is 26.8. The van der Waals surface area contributed by atoms with Crippen LogP contribution >= 0.6 is 23.4 Å². The summed E-state index contributed by atoms with van der Waals surface area (Å²) >= 11 is 7.84. The minimum Gasteiger partial charge on any atom is -0.398 e. The third-order valence-electron chi connectivity index (χ3n) is 3.39. The van der Waals surface area contributed by atoms with E-state index in [9.17, 15) is 8.42 Å². The third-order valence-corrected chi connectivity index (χ3v) is 6.90. The minimum absolute atomic E-state index is 0.0780. The maximum absolute atomic E-state index is 12.7. The van der Waals surface area contributed by atoms with Crippen molar-refractivity contribution in [2.75, 3.05) is 24.6 Å². The Bertz CT molecular complexity index is 606. The summed E-state index contributed by atoms with van der Waals surface area (Å²) in [5.41, 5.74) is 6.94. The molecule has 1 heterocycles. The van der Waals surface area contributed by atoms with Gasteiger partial charge >= 0.3 is 0 Å². The number of rotatable bonds is 2. The fraction of sp³-hybridized carbons (Fsp3) is 0.538. The lowest BCUT2D eigenvalue weighted by Crippen LogP contribution is -2.46. The summed E-state index contributed by atoms with van der Waals surface area (Å²) in [5, 5.41) is 0.384. The van der Waals surface area contributed by atoms with Gasteiger partial charge in [-0.25, -0.2) is 8.42 Å². The molecule has 0 radical (unpaired) electrons. The van der Waals surface area contributed by atoms with Crippen LogP contribution in [0.3, 0.4) is 0 Å². The highest BCUT2D eigenvalue weighted by Gasteiger charge is 2.34. The number of hydrogen-bond donors (Lipinski definition) is 1. The highest BCUT2D eigenvalue weighted by Crippen LogP contribution is 2.34. The number of sulfonamides is 1. The summed E-state index contributed by atoms with van der Waals surface area (Å²) in [6, 6.07) is 2.97. The maximum atomic E-state index is 12.7. The Morgan fingerprint density at radius 1 is 1.40 bits per heavy atom. The average Bonchev–Trinajstić information content (AvgIpc) is 2.34. The van der Waals surface area contributed by atoms with Gasteiger partial charge in [0.2, 0.25) is 10.0 Å². The smallest absolute Gasteiger partial charge is 0.243 e. The molecule has 112 valence electrons. The first-order chi connectivity index (χ1) is 9.13. The molecule has 0 spiro atoms. The van der Waals surface area contributed by atoms with Crippen LogP contribution in [-0.2, 0) is 10.0 Å². The Kier molecular flexibility index (Phi) is 4.31. The number of nitrogens with two attached hydrogens (primary N) is 1. The molecule has 4 nitrogen and oxygen atoms in total. The van der Waals surface area contributed by atoms with E-state index in [1.165, 1.54) is 16.4 Å². The van der Waals surface area contributed by atoms with Crippen molar-refractivity contribution >= 4 is 39.1 Å². The molecule has 0 bridgehead atoms. The summed E-state index contributed by atoms with van der Waals surface area (Å²) in [6.45, 7) is 6.88. The van der Waals surface area contributed by atoms with Gasteiger partial charge in [0.1, 0.15) is 0 Å². The van der Waals surface area contributed by atoms with Crippen LogP contribution in [0.4, 0.5) is 5.69 Å². The molecule has 1 aromatic carbocycles. The molecular formula is C13H19ClN2O2S2. The molecule has 0 atom stereocenters. The van der Waals surface area contributed by atoms with Crippen LogP contribution in [0.5, 0.6) is 0 Å². The lowest BCUT2D eigenvalue weighted by molar-refractivity contribution is 0.387. The Morgan fingerprint density at radius 3 is 2.60 bits per heavy atom. The van der Waals surface area contributed by atoms with Gasteiger partial charge < -0.3 is 5.73 Å². The molecular weight excluding hydrogens is 316 g/mol. The Balaban J connectivity index is 2.40. The second-order valence-electron chi connectivity index (χ2n) is 5.57. The van der Waals surface area contributed by atoms with Crippen LogP contribution in [-0.4, -0.2) is 36.3 Å². The van der Waals surface area contributed by atoms with Gasteiger partial charge in [0.05, 0.1) is 4.90 Å². The van der Waals surface area contributed by atoms with Crippen LogP contribution in [0, 0.1) is 6.92 Å². The fourth-order valence-electron chi connectivity index (χ4n) is 2.15. The SMILES string of the molecule is Cc1c(N)cc(S(=O)(=O)N2CCSC(C)(C)C2)cc1Cl. The highest BCUT2D eigenvalue weighted by atomic mass is 35.5. The minimum atomic E-state index is -3.54. The van der Waals surface area contributed by atoms with E-state index in [0.717, 1.165) is 5.75 Å². The summed E-state index contributed by atoms with van der Waals surface area (Å²) in [4.78, 5) is 0.174. The third kappa shape index (κ3) is 3.08. The normalized spacial score (nSPS) is 20.0. The molecule has 1 aliphatic heterocycles. The summed E-state index contributed by atoms with van der Waals surface area (Å²) in [7, 11) is -3.54. The summed E-state index contributed by atoms with van der Waals surface area (Å²) in [6.07, 6.45) is 0. The molecule has 2 N–H and O–H groups in total. The van der Waals surface area contributed by atoms with Gasteiger partial charge in [0, 0.05) is 34.3 Å². The fourth-order valence-corrected chi connectivity index (χ4v) is 5.42. The van der Waals surface area contributed by atoms with Gasteiger partial charge in [0.25, 0.3) is 0 Å². The second-order valence-corrected chi connectivity index (χ2v) is 9.71. The maximum Gasteiger partial charge on any atom is 0.243 e. The van der Waals surface area contributed by atoms with E-state index in [1.54, 1.807) is 18.7 Å². The topological polar surface area (TPSA) is 63.4 Å². The van der Waals surface area contributed by atoms with Gasteiger partial charge in [0.15, 0.2) is 0 Å². The van der Waals surface area contributed by atoms with Crippen LogP contribution in [0.15, 0.2) is 17.0 Å². The van der Waals surface area contributed by atoms with E-state index >= 15 is 0 Å². The molecule has 20 heavy (non-hydrogen) atoms. The van der Waals surface area contributed by atoms with Crippen molar-refractivity contribution in [1.82, 2.24) is 4.31 Å². The lowest BCUT2D eigenvalue weighted by Gasteiger charge is -2.36. The van der Waals surface area contributed by atoms with E-state index in [1.807, 2.05) is 0 Å². The van der Waals surface area contributed by atoms with E-state index in [4.69, 9.17) is 17.3 Å². The lowest BCUT2D eigenvalue weighted by atomic mass is 10.2. The summed E-state index contributed by atoms with van der Waals surface area (Å²) in [5.74, 6) is 0.793. The number of nitrogens with zero attached hydrogens (tertiary/aromatic N) is 1. The van der Waals surface area contributed by atoms with Crippen molar-refractivity contribution in [3.63, 3.8) is 0 Å². The number of hydrogen-bond acceptors (Lipinski definition) is 4. The van der Waals surface area contributed by atoms with Crippen molar-refractivity contribution in [2.24, 2.45) is 0 Å². The zero-order valence-electron chi connectivity index (χ0n) is 11.8. The van der Waals surface area contributed by atoms with Gasteiger partial charge in [-0.2, -0.15) is 16.1 Å². The van der Waals surface area contributed by atoms with Crippen molar-refractivity contribution in [2.45, 2.75) is 30.4 Å². The van der Waals surface area contributed by atoms with Gasteiger partial charge in [-0.15, -0.1) is 0 Å². The molecule has 2 rings (SSSR count). The molecule has 7 heteroatoms. The first-order valence-corrected chi connectivity index (χ1v) is 9.13. The number of anilines is 1.